The Labute approximate surface area is 141 Å². The molecule has 2 aromatic heterocycles. The van der Waals surface area contributed by atoms with Gasteiger partial charge in [-0.3, -0.25) is 10.1 Å². The molecule has 25 heavy (non-hydrogen) atoms. The van der Waals surface area contributed by atoms with Crippen LogP contribution >= 0.6 is 0 Å². The van der Waals surface area contributed by atoms with Gasteiger partial charge in [0.1, 0.15) is 0 Å². The van der Waals surface area contributed by atoms with Crippen molar-refractivity contribution in [1.29, 1.82) is 0 Å². The predicted octanol–water partition coefficient (Wildman–Crippen LogP) is 2.00. The van der Waals surface area contributed by atoms with Crippen LogP contribution in [0, 0.1) is 0 Å². The summed E-state index contributed by atoms with van der Waals surface area (Å²) < 4.78 is 26.0. The number of amides is 1. The number of anilines is 1. The van der Waals surface area contributed by atoms with Gasteiger partial charge >= 0.3 is 6.01 Å². The van der Waals surface area contributed by atoms with Crippen LogP contribution < -0.4 is 19.5 Å². The van der Waals surface area contributed by atoms with Gasteiger partial charge in [0.2, 0.25) is 17.4 Å². The molecule has 2 heterocycles. The number of hydrogen-bond donors (Lipinski definition) is 1. The maximum atomic E-state index is 11.9. The van der Waals surface area contributed by atoms with Crippen molar-refractivity contribution in [2.75, 3.05) is 26.6 Å². The molecule has 0 atom stereocenters. The highest BCUT2D eigenvalue weighted by Crippen LogP contribution is 2.41. The number of carbonyl (C=O) groups is 1. The van der Waals surface area contributed by atoms with E-state index in [4.69, 9.17) is 23.2 Å². The first kappa shape index (κ1) is 16.3. The number of rotatable bonds is 6. The SMILES string of the molecule is COc1cc(-c2nnc(NC(=O)c3ccno3)o2)cc(OC)c1OC. The Morgan fingerprint density at radius 2 is 1.80 bits per heavy atom. The maximum Gasteiger partial charge on any atom is 0.322 e. The number of nitrogens with one attached hydrogen (secondary N) is 1. The van der Waals surface area contributed by atoms with E-state index in [0.717, 1.165) is 0 Å². The first-order valence-corrected chi connectivity index (χ1v) is 7.02. The molecule has 1 N–H and O–H groups in total. The lowest BCUT2D eigenvalue weighted by Crippen LogP contribution is -2.11. The molecule has 0 spiro atoms. The first-order chi connectivity index (χ1) is 12.2. The Hall–Kier alpha value is -3.56. The van der Waals surface area contributed by atoms with Crippen LogP contribution in [0.2, 0.25) is 0 Å². The summed E-state index contributed by atoms with van der Waals surface area (Å²) in [6, 6.07) is 4.62. The molecule has 3 aromatic rings. The minimum atomic E-state index is -0.558. The van der Waals surface area contributed by atoms with E-state index in [2.05, 4.69) is 20.7 Å². The highest BCUT2D eigenvalue weighted by molar-refractivity contribution is 6.00. The van der Waals surface area contributed by atoms with Gasteiger partial charge in [0.05, 0.1) is 27.5 Å². The van der Waals surface area contributed by atoms with E-state index in [1.54, 1.807) is 12.1 Å². The number of nitrogens with zero attached hydrogens (tertiary/aromatic N) is 3. The number of hydrogen-bond acceptors (Lipinski definition) is 9. The van der Waals surface area contributed by atoms with Crippen molar-refractivity contribution in [3.8, 4) is 28.7 Å². The van der Waals surface area contributed by atoms with Crippen molar-refractivity contribution in [1.82, 2.24) is 15.4 Å². The summed E-state index contributed by atoms with van der Waals surface area (Å²) >= 11 is 0. The fourth-order valence-corrected chi connectivity index (χ4v) is 2.09. The Morgan fingerprint density at radius 3 is 2.36 bits per heavy atom. The molecule has 10 nitrogen and oxygen atoms in total. The molecule has 0 aliphatic heterocycles. The van der Waals surface area contributed by atoms with E-state index in [1.165, 1.54) is 33.6 Å². The second-order valence-corrected chi connectivity index (χ2v) is 4.66. The van der Waals surface area contributed by atoms with Gasteiger partial charge in [0.25, 0.3) is 5.91 Å². The quantitative estimate of drug-likeness (QED) is 0.714. The van der Waals surface area contributed by atoms with E-state index in [1.807, 2.05) is 0 Å². The Balaban J connectivity index is 1.88. The third kappa shape index (κ3) is 3.22. The second kappa shape index (κ2) is 6.91. The average molecular weight is 346 g/mol. The van der Waals surface area contributed by atoms with Crippen LogP contribution in [0.1, 0.15) is 10.6 Å². The molecule has 0 saturated heterocycles. The summed E-state index contributed by atoms with van der Waals surface area (Å²) in [7, 11) is 4.50. The fourth-order valence-electron chi connectivity index (χ4n) is 2.09. The predicted molar refractivity (Wildman–Crippen MR) is 83.8 cm³/mol. The number of methoxy groups -OCH3 is 3. The Morgan fingerprint density at radius 1 is 1.08 bits per heavy atom. The van der Waals surface area contributed by atoms with Crippen molar-refractivity contribution in [2.24, 2.45) is 0 Å². The standard InChI is InChI=1S/C15H14N4O6/c1-21-10-6-8(7-11(22-2)12(10)23-3)14-18-19-15(24-14)17-13(20)9-4-5-16-25-9/h4-7H,1-3H3,(H,17,19,20). The molecule has 10 heteroatoms. The number of benzene rings is 1. The normalized spacial score (nSPS) is 10.4. The first-order valence-electron chi connectivity index (χ1n) is 7.02. The van der Waals surface area contributed by atoms with Gasteiger partial charge in [-0.25, -0.2) is 0 Å². The zero-order chi connectivity index (χ0) is 17.8. The molecule has 0 aliphatic rings. The molecule has 0 unspecified atom stereocenters. The maximum absolute atomic E-state index is 11.9. The van der Waals surface area contributed by atoms with Crippen molar-refractivity contribution in [2.45, 2.75) is 0 Å². The van der Waals surface area contributed by atoms with E-state index in [9.17, 15) is 4.79 Å². The van der Waals surface area contributed by atoms with Gasteiger partial charge in [-0.1, -0.05) is 10.3 Å². The van der Waals surface area contributed by atoms with Crippen LogP contribution in [0.3, 0.4) is 0 Å². The minimum Gasteiger partial charge on any atom is -0.493 e. The lowest BCUT2D eigenvalue weighted by Gasteiger charge is -2.12. The third-order valence-electron chi connectivity index (χ3n) is 3.22. The van der Waals surface area contributed by atoms with Gasteiger partial charge in [0, 0.05) is 11.6 Å². The van der Waals surface area contributed by atoms with Gasteiger partial charge in [-0.05, 0) is 12.1 Å². The monoisotopic (exact) mass is 346 g/mol. The molecule has 0 fully saturated rings. The molecule has 130 valence electrons. The summed E-state index contributed by atoms with van der Waals surface area (Å²) in [5.74, 6) is 0.925. The fraction of sp³-hybridized carbons (Fsp3) is 0.200. The van der Waals surface area contributed by atoms with Crippen molar-refractivity contribution < 1.29 is 27.9 Å². The zero-order valence-corrected chi connectivity index (χ0v) is 13.6. The molecule has 1 amide bonds. The molecule has 0 aliphatic carbocycles. The molecule has 3 rings (SSSR count). The Bertz CT molecular complexity index is 849. The van der Waals surface area contributed by atoms with Gasteiger partial charge < -0.3 is 23.2 Å². The van der Waals surface area contributed by atoms with Crippen LogP contribution in [-0.2, 0) is 0 Å². The molecule has 0 radical (unpaired) electrons. The van der Waals surface area contributed by atoms with Crippen molar-refractivity contribution >= 4 is 11.9 Å². The average Bonchev–Trinajstić information content (AvgIpc) is 3.32. The van der Waals surface area contributed by atoms with Crippen LogP contribution in [-0.4, -0.2) is 42.6 Å². The van der Waals surface area contributed by atoms with E-state index < -0.39 is 5.91 Å². The lowest BCUT2D eigenvalue weighted by atomic mass is 10.2. The summed E-state index contributed by atoms with van der Waals surface area (Å²) in [4.78, 5) is 11.9. The van der Waals surface area contributed by atoms with Crippen molar-refractivity contribution in [3.05, 3.63) is 30.2 Å². The largest absolute Gasteiger partial charge is 0.493 e. The van der Waals surface area contributed by atoms with Crippen LogP contribution in [0.15, 0.2) is 33.3 Å². The summed E-state index contributed by atoms with van der Waals surface area (Å²) in [5, 5.41) is 13.5. The minimum absolute atomic E-state index is 0.0209. The molecule has 0 saturated carbocycles. The highest BCUT2D eigenvalue weighted by atomic mass is 16.5. The van der Waals surface area contributed by atoms with Crippen LogP contribution in [0.25, 0.3) is 11.5 Å². The molecule has 0 bridgehead atoms. The van der Waals surface area contributed by atoms with Crippen molar-refractivity contribution in [3.63, 3.8) is 0 Å². The number of aromatic nitrogens is 3. The van der Waals surface area contributed by atoms with E-state index in [0.29, 0.717) is 22.8 Å². The summed E-state index contributed by atoms with van der Waals surface area (Å²) in [6.07, 6.45) is 1.35. The lowest BCUT2D eigenvalue weighted by molar-refractivity contribution is 0.0985. The molecular weight excluding hydrogens is 332 g/mol. The van der Waals surface area contributed by atoms with Crippen LogP contribution in [0.4, 0.5) is 6.01 Å². The summed E-state index contributed by atoms with van der Waals surface area (Å²) in [6.45, 7) is 0. The third-order valence-corrected chi connectivity index (χ3v) is 3.22. The smallest absolute Gasteiger partial charge is 0.322 e. The molecular formula is C15H14N4O6. The number of carbonyl (C=O) groups excluding carboxylic acids is 1. The second-order valence-electron chi connectivity index (χ2n) is 4.66. The van der Waals surface area contributed by atoms with Gasteiger partial charge in [-0.15, -0.1) is 5.10 Å². The molecule has 1 aromatic carbocycles. The van der Waals surface area contributed by atoms with Gasteiger partial charge in [0.15, 0.2) is 11.5 Å². The van der Waals surface area contributed by atoms with E-state index in [-0.39, 0.29) is 17.7 Å². The Kier molecular flexibility index (Phi) is 4.50. The van der Waals surface area contributed by atoms with Gasteiger partial charge in [-0.2, -0.15) is 0 Å². The topological polar surface area (TPSA) is 122 Å². The summed E-state index contributed by atoms with van der Waals surface area (Å²) in [5.41, 5.74) is 0.530. The van der Waals surface area contributed by atoms with Crippen LogP contribution in [0.5, 0.6) is 17.2 Å². The van der Waals surface area contributed by atoms with E-state index >= 15 is 0 Å². The zero-order valence-electron chi connectivity index (χ0n) is 13.6. The highest BCUT2D eigenvalue weighted by Gasteiger charge is 2.19. The number of ether oxygens (including phenoxy) is 3.